The maximum atomic E-state index is 5.14. The second-order valence-corrected chi connectivity index (χ2v) is 6.97. The first-order valence-corrected chi connectivity index (χ1v) is 6.86. The van der Waals surface area contributed by atoms with Crippen molar-refractivity contribution in [3.63, 3.8) is 0 Å². The summed E-state index contributed by atoms with van der Waals surface area (Å²) >= 11 is 10.8. The zero-order chi connectivity index (χ0) is 8.39. The number of thioether (sulfide) groups is 2. The molecule has 12 heavy (non-hydrogen) atoms. The van der Waals surface area contributed by atoms with E-state index in [0.717, 1.165) is 11.7 Å². The van der Waals surface area contributed by atoms with E-state index in [1.54, 1.807) is 0 Å². The molecule has 2 rings (SSSR count). The molecule has 2 heterocycles. The van der Waals surface area contributed by atoms with Crippen molar-refractivity contribution in [2.75, 3.05) is 5.75 Å². The first-order chi connectivity index (χ1) is 5.84. The summed E-state index contributed by atoms with van der Waals surface area (Å²) in [5.41, 5.74) is 0. The van der Waals surface area contributed by atoms with Gasteiger partial charge in [0.15, 0.2) is 0 Å². The van der Waals surface area contributed by atoms with Gasteiger partial charge in [-0.15, -0.1) is 34.9 Å². The molecular formula is C8H8S4. The lowest BCUT2D eigenvalue weighted by atomic mass is 10.4. The molecule has 0 radical (unpaired) electrons. The standard InChI is InChI=1S/C8H8S4/c9-7-4-6(5-11-7)12-8-2-1-3-10-8/h1-3,6H,4-5H2. The lowest BCUT2D eigenvalue weighted by Gasteiger charge is -2.03. The van der Waals surface area contributed by atoms with Gasteiger partial charge >= 0.3 is 0 Å². The van der Waals surface area contributed by atoms with E-state index < -0.39 is 0 Å². The predicted octanol–water partition coefficient (Wildman–Crippen LogP) is 3.67. The molecule has 0 spiro atoms. The van der Waals surface area contributed by atoms with Gasteiger partial charge in [0.25, 0.3) is 0 Å². The van der Waals surface area contributed by atoms with Crippen LogP contribution in [-0.2, 0) is 0 Å². The van der Waals surface area contributed by atoms with Gasteiger partial charge in [-0.2, -0.15) is 0 Å². The Bertz CT molecular complexity index is 265. The Morgan fingerprint density at radius 1 is 1.58 bits per heavy atom. The van der Waals surface area contributed by atoms with E-state index in [1.165, 1.54) is 14.2 Å². The third-order valence-corrected chi connectivity index (χ3v) is 5.67. The molecule has 0 amide bonds. The zero-order valence-corrected chi connectivity index (χ0v) is 9.62. The highest BCUT2D eigenvalue weighted by Crippen LogP contribution is 2.36. The summed E-state index contributed by atoms with van der Waals surface area (Å²) in [5.74, 6) is 1.20. The molecule has 1 atom stereocenters. The van der Waals surface area contributed by atoms with Crippen LogP contribution in [0.3, 0.4) is 0 Å². The SMILES string of the molecule is S=C1CC(Sc2cccs2)CS1. The Morgan fingerprint density at radius 3 is 3.08 bits per heavy atom. The van der Waals surface area contributed by atoms with Crippen LogP contribution in [0.4, 0.5) is 0 Å². The van der Waals surface area contributed by atoms with Crippen LogP contribution >= 0.6 is 47.1 Å². The molecule has 1 fully saturated rings. The number of rotatable bonds is 2. The van der Waals surface area contributed by atoms with E-state index >= 15 is 0 Å². The molecular weight excluding hydrogens is 224 g/mol. The van der Waals surface area contributed by atoms with Gasteiger partial charge < -0.3 is 0 Å². The highest BCUT2D eigenvalue weighted by Gasteiger charge is 2.20. The molecule has 0 aromatic carbocycles. The molecule has 0 N–H and O–H groups in total. The van der Waals surface area contributed by atoms with Crippen LogP contribution in [0, 0.1) is 0 Å². The fourth-order valence-electron chi connectivity index (χ4n) is 1.06. The second-order valence-electron chi connectivity index (χ2n) is 2.56. The smallest absolute Gasteiger partial charge is 0.0601 e. The number of thiophene rings is 1. The summed E-state index contributed by atoms with van der Waals surface area (Å²) in [6, 6.07) is 4.29. The van der Waals surface area contributed by atoms with Gasteiger partial charge in [0.2, 0.25) is 0 Å². The number of thiocarbonyl (C=S) groups is 1. The molecule has 0 saturated carbocycles. The third-order valence-electron chi connectivity index (χ3n) is 1.60. The quantitative estimate of drug-likeness (QED) is 0.714. The third kappa shape index (κ3) is 2.25. The summed E-state index contributed by atoms with van der Waals surface area (Å²) in [7, 11) is 0. The van der Waals surface area contributed by atoms with E-state index in [2.05, 4.69) is 17.5 Å². The maximum Gasteiger partial charge on any atom is 0.0601 e. The van der Waals surface area contributed by atoms with Gasteiger partial charge in [0.05, 0.1) is 4.21 Å². The van der Waals surface area contributed by atoms with E-state index in [1.807, 2.05) is 34.9 Å². The van der Waals surface area contributed by atoms with Crippen molar-refractivity contribution in [3.8, 4) is 0 Å². The van der Waals surface area contributed by atoms with Crippen LogP contribution in [0.2, 0.25) is 0 Å². The summed E-state index contributed by atoms with van der Waals surface area (Å²) in [6.45, 7) is 0. The molecule has 0 bridgehead atoms. The van der Waals surface area contributed by atoms with E-state index in [-0.39, 0.29) is 0 Å². The summed E-state index contributed by atoms with van der Waals surface area (Å²) in [5, 5.41) is 2.85. The van der Waals surface area contributed by atoms with Gasteiger partial charge in [-0.3, -0.25) is 0 Å². The molecule has 64 valence electrons. The average Bonchev–Trinajstić information content (AvgIpc) is 2.63. The summed E-state index contributed by atoms with van der Waals surface area (Å²) in [6.07, 6.45) is 1.11. The molecule has 4 heteroatoms. The van der Waals surface area contributed by atoms with Crippen LogP contribution in [0.15, 0.2) is 21.7 Å². The molecule has 0 aliphatic carbocycles. The van der Waals surface area contributed by atoms with Crippen molar-refractivity contribution in [1.82, 2.24) is 0 Å². The van der Waals surface area contributed by atoms with E-state index in [9.17, 15) is 0 Å². The topological polar surface area (TPSA) is 0 Å². The largest absolute Gasteiger partial charge is 0.137 e. The van der Waals surface area contributed by atoms with E-state index in [0.29, 0.717) is 0 Å². The van der Waals surface area contributed by atoms with Crippen molar-refractivity contribution in [1.29, 1.82) is 0 Å². The summed E-state index contributed by atoms with van der Waals surface area (Å²) in [4.78, 5) is 0. The normalized spacial score (nSPS) is 23.3. The fraction of sp³-hybridized carbons (Fsp3) is 0.375. The molecule has 1 aliphatic heterocycles. The van der Waals surface area contributed by atoms with Gasteiger partial charge in [-0.1, -0.05) is 18.3 Å². The van der Waals surface area contributed by atoms with Crippen LogP contribution in [0.25, 0.3) is 0 Å². The van der Waals surface area contributed by atoms with Crippen molar-refractivity contribution >= 4 is 51.3 Å². The molecule has 1 aliphatic rings. The Labute approximate surface area is 90.1 Å². The minimum Gasteiger partial charge on any atom is -0.137 e. The molecule has 0 nitrogen and oxygen atoms in total. The van der Waals surface area contributed by atoms with Crippen molar-refractivity contribution in [2.24, 2.45) is 0 Å². The fourth-order valence-corrected chi connectivity index (χ4v) is 4.94. The first-order valence-electron chi connectivity index (χ1n) is 3.70. The molecule has 1 unspecified atom stereocenters. The van der Waals surface area contributed by atoms with Gasteiger partial charge in [0.1, 0.15) is 0 Å². The molecule has 1 aromatic heterocycles. The Hall–Kier alpha value is 0.490. The predicted molar refractivity (Wildman–Crippen MR) is 63.6 cm³/mol. The average molecular weight is 232 g/mol. The highest BCUT2D eigenvalue weighted by atomic mass is 32.2. The van der Waals surface area contributed by atoms with Gasteiger partial charge in [-0.05, 0) is 11.4 Å². The summed E-state index contributed by atoms with van der Waals surface area (Å²) < 4.78 is 2.61. The van der Waals surface area contributed by atoms with Gasteiger partial charge in [0, 0.05) is 21.6 Å². The van der Waals surface area contributed by atoms with Crippen LogP contribution in [0.1, 0.15) is 6.42 Å². The Balaban J connectivity index is 1.92. The minimum atomic E-state index is 0.723. The second kappa shape index (κ2) is 4.13. The highest BCUT2D eigenvalue weighted by molar-refractivity contribution is 8.24. The lowest BCUT2D eigenvalue weighted by Crippen LogP contribution is -1.97. The maximum absolute atomic E-state index is 5.14. The van der Waals surface area contributed by atoms with Crippen LogP contribution in [0.5, 0.6) is 0 Å². The number of hydrogen-bond donors (Lipinski definition) is 0. The van der Waals surface area contributed by atoms with Crippen LogP contribution in [-0.4, -0.2) is 15.2 Å². The molecule has 1 saturated heterocycles. The number of hydrogen-bond acceptors (Lipinski definition) is 4. The van der Waals surface area contributed by atoms with Crippen molar-refractivity contribution < 1.29 is 0 Å². The first kappa shape index (κ1) is 9.06. The monoisotopic (exact) mass is 232 g/mol. The van der Waals surface area contributed by atoms with Crippen LogP contribution < -0.4 is 0 Å². The van der Waals surface area contributed by atoms with E-state index in [4.69, 9.17) is 12.2 Å². The Morgan fingerprint density at radius 2 is 2.50 bits per heavy atom. The lowest BCUT2D eigenvalue weighted by molar-refractivity contribution is 1.08. The minimum absolute atomic E-state index is 0.723. The zero-order valence-electron chi connectivity index (χ0n) is 6.36. The van der Waals surface area contributed by atoms with Crippen molar-refractivity contribution in [3.05, 3.63) is 17.5 Å². The van der Waals surface area contributed by atoms with Crippen molar-refractivity contribution in [2.45, 2.75) is 15.9 Å². The molecule has 1 aromatic rings. The van der Waals surface area contributed by atoms with Gasteiger partial charge in [-0.25, -0.2) is 0 Å². The Kier molecular flexibility index (Phi) is 3.12.